The lowest BCUT2D eigenvalue weighted by molar-refractivity contribution is -0.158. The van der Waals surface area contributed by atoms with E-state index in [1.807, 2.05) is 18.2 Å². The fraction of sp³-hybridized carbons (Fsp3) is 0.320. The van der Waals surface area contributed by atoms with Crippen molar-refractivity contribution >= 4 is 45.2 Å². The first kappa shape index (κ1) is 26.2. The molecule has 0 saturated heterocycles. The van der Waals surface area contributed by atoms with E-state index in [2.05, 4.69) is 10.0 Å². The number of hydrogen-bond acceptors (Lipinski definition) is 6. The summed E-state index contributed by atoms with van der Waals surface area (Å²) >= 11 is 4.39. The normalized spacial score (nSPS) is 21.8. The molecule has 1 heterocycles. The van der Waals surface area contributed by atoms with Crippen molar-refractivity contribution in [2.75, 3.05) is 10.8 Å². The Morgan fingerprint density at radius 2 is 1.86 bits per heavy atom. The minimum absolute atomic E-state index is 0.0973. The molecule has 3 unspecified atom stereocenters. The van der Waals surface area contributed by atoms with Gasteiger partial charge in [-0.2, -0.15) is 0 Å². The highest BCUT2D eigenvalue weighted by atomic mass is 35.5. The second-order valence-corrected chi connectivity index (χ2v) is 11.8. The Balaban J connectivity index is 1.88. The molecule has 36 heavy (non-hydrogen) atoms. The van der Waals surface area contributed by atoms with E-state index >= 15 is 0 Å². The fourth-order valence-electron chi connectivity index (χ4n) is 4.49. The molecule has 1 fully saturated rings. The van der Waals surface area contributed by atoms with Gasteiger partial charge < -0.3 is 9.29 Å². The molecule has 8 nitrogen and oxygen atoms in total. The van der Waals surface area contributed by atoms with Crippen LogP contribution in [-0.2, 0) is 26.2 Å². The summed E-state index contributed by atoms with van der Waals surface area (Å²) in [6, 6.07) is 19.7. The van der Waals surface area contributed by atoms with Crippen LogP contribution in [-0.4, -0.2) is 32.4 Å². The second kappa shape index (κ2) is 9.88. The number of ether oxygens (including phenoxy) is 1. The van der Waals surface area contributed by atoms with Gasteiger partial charge >= 0.3 is 5.97 Å². The molecule has 3 aromatic rings. The summed E-state index contributed by atoms with van der Waals surface area (Å²) in [6.07, 6.45) is 0.0973. The molecule has 188 valence electrons. The van der Waals surface area contributed by atoms with Crippen LogP contribution >= 0.6 is 22.9 Å². The number of nitrogens with zero attached hydrogens (tertiary/aromatic N) is 4. The van der Waals surface area contributed by atoms with Gasteiger partial charge in [0.2, 0.25) is 0 Å². The number of esters is 1. The van der Waals surface area contributed by atoms with E-state index in [0.717, 1.165) is 14.7 Å². The smallest absolute Gasteiger partial charge is 0.334 e. The molecular formula is C25H24ClN4O4S2-. The largest absolute Gasteiger partial charge is 0.755 e. The number of thiophene rings is 1. The van der Waals surface area contributed by atoms with Gasteiger partial charge in [0.15, 0.2) is 5.54 Å². The summed E-state index contributed by atoms with van der Waals surface area (Å²) in [4.78, 5) is 17.6. The summed E-state index contributed by atoms with van der Waals surface area (Å²) in [5, 5.41) is 4.72. The molecule has 11 heteroatoms. The molecule has 1 aliphatic rings. The van der Waals surface area contributed by atoms with E-state index in [1.54, 1.807) is 69.3 Å². The van der Waals surface area contributed by atoms with Gasteiger partial charge in [0, 0.05) is 38.0 Å². The summed E-state index contributed by atoms with van der Waals surface area (Å²) < 4.78 is 32.6. The highest BCUT2D eigenvalue weighted by Gasteiger charge is 2.77. The number of halogens is 1. The zero-order valence-corrected chi connectivity index (χ0v) is 22.3. The Kier molecular flexibility index (Phi) is 7.19. The molecule has 0 amide bonds. The van der Waals surface area contributed by atoms with Gasteiger partial charge in [-0.1, -0.05) is 59.2 Å². The molecule has 0 bridgehead atoms. The Bertz CT molecular complexity index is 1340. The van der Waals surface area contributed by atoms with Crippen molar-refractivity contribution in [3.05, 3.63) is 87.8 Å². The third kappa shape index (κ3) is 4.75. The standard InChI is InChI=1S/C25H25ClN4O4S2/c1-23(2,3)34-22(31)25(15-24(25,16-28-29-27)18-7-5-4-6-8-18)30(36(32)33)21-14-13-20(35-21)17-9-11-19(26)12-10-17/h4-14H,15-16H2,1-3H3,(H,32,33)/p-1. The van der Waals surface area contributed by atoms with Gasteiger partial charge in [-0.3, -0.25) is 8.51 Å². The van der Waals surface area contributed by atoms with Gasteiger partial charge in [0.25, 0.3) is 0 Å². The molecule has 1 aromatic heterocycles. The molecule has 1 saturated carbocycles. The van der Waals surface area contributed by atoms with Crippen molar-refractivity contribution < 1.29 is 18.3 Å². The fourth-order valence-corrected chi connectivity index (χ4v) is 6.68. The first-order valence-corrected chi connectivity index (χ1v) is 13.3. The summed E-state index contributed by atoms with van der Waals surface area (Å²) in [5.41, 5.74) is 7.05. The number of carbonyl (C=O) groups is 1. The Morgan fingerprint density at radius 1 is 1.19 bits per heavy atom. The summed E-state index contributed by atoms with van der Waals surface area (Å²) in [5.74, 6) is -0.697. The van der Waals surface area contributed by atoms with Crippen molar-refractivity contribution in [2.45, 2.75) is 43.7 Å². The number of carbonyl (C=O) groups excluding carboxylic acids is 1. The second-order valence-electron chi connectivity index (χ2n) is 9.53. The Hall–Kier alpha value is -2.88. The minimum atomic E-state index is -2.85. The summed E-state index contributed by atoms with van der Waals surface area (Å²) in [6.45, 7) is 5.05. The third-order valence-electron chi connectivity index (χ3n) is 6.11. The van der Waals surface area contributed by atoms with E-state index < -0.39 is 33.8 Å². The zero-order valence-electron chi connectivity index (χ0n) is 19.9. The first-order chi connectivity index (χ1) is 17.0. The van der Waals surface area contributed by atoms with Crippen LogP contribution in [0.1, 0.15) is 32.8 Å². The van der Waals surface area contributed by atoms with Gasteiger partial charge in [0.05, 0.1) is 0 Å². The van der Waals surface area contributed by atoms with Crippen LogP contribution < -0.4 is 4.31 Å². The number of hydrogen-bond donors (Lipinski definition) is 0. The average Bonchev–Trinajstić information content (AvgIpc) is 3.26. The molecule has 1 aliphatic carbocycles. The van der Waals surface area contributed by atoms with Crippen LogP contribution in [0.25, 0.3) is 20.9 Å². The van der Waals surface area contributed by atoms with E-state index in [0.29, 0.717) is 15.6 Å². The SMILES string of the molecule is CC(C)(C)OC(=O)C1(N(c2ccc(-c3ccc(Cl)cc3)s2)S(=O)[O-])CC1(CN=[N+]=[N-])c1ccccc1. The maximum absolute atomic E-state index is 13.8. The lowest BCUT2D eigenvalue weighted by Gasteiger charge is -2.37. The predicted octanol–water partition coefficient (Wildman–Crippen LogP) is 6.40. The molecule has 0 N–H and O–H groups in total. The zero-order chi connectivity index (χ0) is 26.1. The molecule has 0 radical (unpaired) electrons. The first-order valence-electron chi connectivity index (χ1n) is 11.1. The van der Waals surface area contributed by atoms with Crippen LogP contribution in [0.15, 0.2) is 71.8 Å². The van der Waals surface area contributed by atoms with Crippen molar-refractivity contribution in [1.82, 2.24) is 0 Å². The van der Waals surface area contributed by atoms with Crippen LogP contribution in [0.3, 0.4) is 0 Å². The van der Waals surface area contributed by atoms with Crippen molar-refractivity contribution in [3.63, 3.8) is 0 Å². The van der Waals surface area contributed by atoms with Gasteiger partial charge in [0.1, 0.15) is 10.6 Å². The lowest BCUT2D eigenvalue weighted by atomic mass is 9.90. The van der Waals surface area contributed by atoms with Gasteiger partial charge in [-0.25, -0.2) is 4.79 Å². The molecule has 4 rings (SSSR count). The van der Waals surface area contributed by atoms with Crippen molar-refractivity contribution in [3.8, 4) is 10.4 Å². The van der Waals surface area contributed by atoms with E-state index in [9.17, 15) is 13.6 Å². The molecule has 3 atom stereocenters. The topological polar surface area (TPSA) is 118 Å². The minimum Gasteiger partial charge on any atom is -0.755 e. The Morgan fingerprint density at radius 3 is 2.44 bits per heavy atom. The van der Waals surface area contributed by atoms with Gasteiger partial charge in [-0.15, -0.1) is 11.3 Å². The van der Waals surface area contributed by atoms with E-state index in [4.69, 9.17) is 21.9 Å². The third-order valence-corrected chi connectivity index (χ3v) is 8.40. The lowest BCUT2D eigenvalue weighted by Crippen LogP contribution is -2.53. The number of anilines is 1. The maximum atomic E-state index is 13.8. The highest BCUT2D eigenvalue weighted by molar-refractivity contribution is 7.81. The van der Waals surface area contributed by atoms with Crippen LogP contribution in [0, 0.1) is 0 Å². The van der Waals surface area contributed by atoms with Crippen molar-refractivity contribution in [2.24, 2.45) is 5.11 Å². The van der Waals surface area contributed by atoms with E-state index in [-0.39, 0.29) is 13.0 Å². The molecular weight excluding hydrogens is 520 g/mol. The molecule has 2 aromatic carbocycles. The van der Waals surface area contributed by atoms with Crippen LogP contribution in [0.5, 0.6) is 0 Å². The van der Waals surface area contributed by atoms with Crippen LogP contribution in [0.4, 0.5) is 5.00 Å². The number of benzene rings is 2. The maximum Gasteiger partial charge on any atom is 0.334 e. The van der Waals surface area contributed by atoms with Crippen LogP contribution in [0.2, 0.25) is 5.02 Å². The Labute approximate surface area is 220 Å². The van der Waals surface area contributed by atoms with Crippen molar-refractivity contribution in [1.29, 1.82) is 0 Å². The monoisotopic (exact) mass is 543 g/mol. The van der Waals surface area contributed by atoms with E-state index in [1.165, 1.54) is 11.3 Å². The highest BCUT2D eigenvalue weighted by Crippen LogP contribution is 2.64. The number of rotatable bonds is 8. The van der Waals surface area contributed by atoms with Gasteiger partial charge in [-0.05, 0) is 68.1 Å². The number of azide groups is 1. The molecule has 0 aliphatic heterocycles. The average molecular weight is 544 g/mol. The summed E-state index contributed by atoms with van der Waals surface area (Å²) in [7, 11) is 0. The molecule has 0 spiro atoms. The predicted molar refractivity (Wildman–Crippen MR) is 141 cm³/mol. The quantitative estimate of drug-likeness (QED) is 0.107.